The van der Waals surface area contributed by atoms with Gasteiger partial charge in [-0.15, -0.1) is 0 Å². The van der Waals surface area contributed by atoms with E-state index in [-0.39, 0.29) is 13.2 Å². The Balaban J connectivity index is 2.41. The van der Waals surface area contributed by atoms with Gasteiger partial charge < -0.3 is 15.6 Å². The van der Waals surface area contributed by atoms with Crippen LogP contribution in [0.4, 0.5) is 0 Å². The molecule has 0 bridgehead atoms. The normalized spacial score (nSPS) is 12.5. The van der Waals surface area contributed by atoms with Gasteiger partial charge in [-0.3, -0.25) is 0 Å². The van der Waals surface area contributed by atoms with Gasteiger partial charge in [0.25, 0.3) is 0 Å². The van der Waals surface area contributed by atoms with Gasteiger partial charge in [-0.25, -0.2) is 0 Å². The highest BCUT2D eigenvalue weighted by atomic mass is 16.5. The third-order valence-electron chi connectivity index (χ3n) is 1.64. The van der Waals surface area contributed by atoms with Gasteiger partial charge in [-0.2, -0.15) is 0 Å². The molecule has 3 nitrogen and oxygen atoms in total. The molecule has 0 aliphatic carbocycles. The molecule has 1 unspecified atom stereocenters. The molecule has 0 aliphatic heterocycles. The van der Waals surface area contributed by atoms with Crippen molar-refractivity contribution in [2.45, 2.75) is 6.10 Å². The number of ether oxygens (including phenoxy) is 1. The Morgan fingerprint density at radius 1 is 1.38 bits per heavy atom. The lowest BCUT2D eigenvalue weighted by atomic mass is 10.2. The van der Waals surface area contributed by atoms with Crippen LogP contribution < -0.4 is 10.5 Å². The Hall–Kier alpha value is -1.06. The quantitative estimate of drug-likeness (QED) is 0.712. The summed E-state index contributed by atoms with van der Waals surface area (Å²) in [4.78, 5) is 0. The zero-order valence-corrected chi connectivity index (χ0v) is 7.44. The molecule has 0 fully saturated rings. The molecule has 3 heteroatoms. The summed E-state index contributed by atoms with van der Waals surface area (Å²) in [5.41, 5.74) is 6.16. The molecule has 0 amide bonds. The van der Waals surface area contributed by atoms with E-state index in [1.807, 2.05) is 24.3 Å². The van der Waals surface area contributed by atoms with Crippen LogP contribution in [-0.4, -0.2) is 24.4 Å². The number of aliphatic hydroxyl groups excluding tert-OH is 1. The van der Waals surface area contributed by atoms with Gasteiger partial charge in [0.2, 0.25) is 0 Å². The number of aliphatic hydroxyl groups is 1. The van der Waals surface area contributed by atoms with E-state index >= 15 is 0 Å². The first-order valence-electron chi connectivity index (χ1n) is 4.15. The first kappa shape index (κ1) is 10.0. The summed E-state index contributed by atoms with van der Waals surface area (Å²) in [5.74, 6) is 0.722. The van der Waals surface area contributed by atoms with Crippen molar-refractivity contribution in [1.29, 1.82) is 0 Å². The lowest BCUT2D eigenvalue weighted by molar-refractivity contribution is 0.114. The third kappa shape index (κ3) is 3.44. The molecule has 1 aromatic carbocycles. The maximum atomic E-state index is 9.11. The van der Waals surface area contributed by atoms with Crippen molar-refractivity contribution in [2.75, 3.05) is 13.2 Å². The van der Waals surface area contributed by atoms with Gasteiger partial charge in [-0.1, -0.05) is 12.1 Å². The summed E-state index contributed by atoms with van der Waals surface area (Å²) in [6.07, 6.45) is -0.598. The number of hydrogen-bond acceptors (Lipinski definition) is 3. The molecular weight excluding hydrogens is 166 g/mol. The van der Waals surface area contributed by atoms with Gasteiger partial charge >= 0.3 is 0 Å². The summed E-state index contributed by atoms with van der Waals surface area (Å²) >= 11 is 0. The van der Waals surface area contributed by atoms with Crippen molar-refractivity contribution in [3.05, 3.63) is 36.8 Å². The third-order valence-corrected chi connectivity index (χ3v) is 1.64. The summed E-state index contributed by atoms with van der Waals surface area (Å²) < 4.78 is 5.26. The maximum Gasteiger partial charge on any atom is 0.119 e. The first-order valence-corrected chi connectivity index (χ1v) is 4.15. The van der Waals surface area contributed by atoms with Crippen molar-refractivity contribution in [3.63, 3.8) is 0 Å². The average molecular weight is 180 g/mol. The van der Waals surface area contributed by atoms with E-state index in [0.29, 0.717) is 0 Å². The molecule has 0 spiro atoms. The fourth-order valence-electron chi connectivity index (χ4n) is 0.846. The minimum Gasteiger partial charge on any atom is -0.491 e. The molecule has 0 aliphatic rings. The van der Waals surface area contributed by atoms with Gasteiger partial charge in [-0.05, 0) is 24.6 Å². The zero-order chi connectivity index (χ0) is 9.68. The van der Waals surface area contributed by atoms with Gasteiger partial charge in [0.1, 0.15) is 18.5 Å². The van der Waals surface area contributed by atoms with Crippen molar-refractivity contribution >= 4 is 0 Å². The van der Waals surface area contributed by atoms with Crippen LogP contribution in [0.5, 0.6) is 5.75 Å². The lowest BCUT2D eigenvalue weighted by Crippen LogP contribution is -2.26. The fraction of sp³-hybridized carbons (Fsp3) is 0.300. The highest BCUT2D eigenvalue weighted by Crippen LogP contribution is 2.11. The first-order chi connectivity index (χ1) is 6.22. The summed E-state index contributed by atoms with van der Waals surface area (Å²) in [7, 11) is 0. The van der Waals surface area contributed by atoms with Crippen LogP contribution in [0.1, 0.15) is 5.56 Å². The van der Waals surface area contributed by atoms with Crippen LogP contribution in [-0.2, 0) is 0 Å². The van der Waals surface area contributed by atoms with Crippen LogP contribution in [0.15, 0.2) is 24.3 Å². The van der Waals surface area contributed by atoms with E-state index in [4.69, 9.17) is 15.6 Å². The molecule has 0 saturated heterocycles. The van der Waals surface area contributed by atoms with E-state index in [0.717, 1.165) is 11.3 Å². The highest BCUT2D eigenvalue weighted by molar-refractivity contribution is 5.28. The molecular formula is C10H14NO2. The smallest absolute Gasteiger partial charge is 0.119 e. The fourth-order valence-corrected chi connectivity index (χ4v) is 0.846. The second kappa shape index (κ2) is 4.84. The predicted molar refractivity (Wildman–Crippen MR) is 51.5 cm³/mol. The van der Waals surface area contributed by atoms with Crippen molar-refractivity contribution in [1.82, 2.24) is 0 Å². The summed E-state index contributed by atoms with van der Waals surface area (Å²) in [6, 6.07) is 7.32. The van der Waals surface area contributed by atoms with Crippen LogP contribution in [0.2, 0.25) is 0 Å². The largest absolute Gasteiger partial charge is 0.491 e. The average Bonchev–Trinajstić information content (AvgIpc) is 2.16. The van der Waals surface area contributed by atoms with Gasteiger partial charge in [0, 0.05) is 6.54 Å². The van der Waals surface area contributed by atoms with Crippen LogP contribution in [0.3, 0.4) is 0 Å². The number of nitrogens with two attached hydrogens (primary N) is 1. The van der Waals surface area contributed by atoms with Gasteiger partial charge in [0.15, 0.2) is 0 Å². The van der Waals surface area contributed by atoms with Gasteiger partial charge in [0.05, 0.1) is 0 Å². The molecule has 71 valence electrons. The van der Waals surface area contributed by atoms with E-state index in [1.54, 1.807) is 0 Å². The van der Waals surface area contributed by atoms with Crippen LogP contribution >= 0.6 is 0 Å². The monoisotopic (exact) mass is 180 g/mol. The Kier molecular flexibility index (Phi) is 3.73. The Morgan fingerprint density at radius 3 is 2.54 bits per heavy atom. The van der Waals surface area contributed by atoms with Crippen LogP contribution in [0, 0.1) is 6.92 Å². The van der Waals surface area contributed by atoms with Crippen molar-refractivity contribution < 1.29 is 9.84 Å². The maximum absolute atomic E-state index is 9.11. The van der Waals surface area contributed by atoms with Crippen molar-refractivity contribution in [2.24, 2.45) is 5.73 Å². The van der Waals surface area contributed by atoms with E-state index < -0.39 is 6.10 Å². The lowest BCUT2D eigenvalue weighted by Gasteiger charge is -2.09. The Morgan fingerprint density at radius 2 is 2.00 bits per heavy atom. The molecule has 1 aromatic rings. The summed E-state index contributed by atoms with van der Waals surface area (Å²) in [6.45, 7) is 4.19. The second-order valence-corrected chi connectivity index (χ2v) is 2.84. The summed E-state index contributed by atoms with van der Waals surface area (Å²) in [5, 5.41) is 9.11. The molecule has 0 heterocycles. The van der Waals surface area contributed by atoms with E-state index in [9.17, 15) is 0 Å². The zero-order valence-electron chi connectivity index (χ0n) is 7.44. The molecule has 1 atom stereocenters. The standard InChI is InChI=1S/C10H14NO2/c1-8-2-4-10(5-3-8)13-7-9(12)6-11/h2-5,9,12H,1,6-7,11H2. The number of benzene rings is 1. The molecule has 1 radical (unpaired) electrons. The molecule has 3 N–H and O–H groups in total. The second-order valence-electron chi connectivity index (χ2n) is 2.84. The Labute approximate surface area is 78.1 Å². The minimum atomic E-state index is -0.598. The Bertz CT molecular complexity index is 246. The predicted octanol–water partition coefficient (Wildman–Crippen LogP) is 0.567. The molecule has 0 aromatic heterocycles. The van der Waals surface area contributed by atoms with Crippen LogP contribution in [0.25, 0.3) is 0 Å². The molecule has 0 saturated carbocycles. The SMILES string of the molecule is [CH2]c1ccc(OCC(O)CN)cc1. The number of hydrogen-bond donors (Lipinski definition) is 2. The minimum absolute atomic E-state index is 0.216. The number of rotatable bonds is 4. The van der Waals surface area contributed by atoms with E-state index in [2.05, 4.69) is 6.92 Å². The highest BCUT2D eigenvalue weighted by Gasteiger charge is 2.01. The molecule has 13 heavy (non-hydrogen) atoms. The molecule has 1 rings (SSSR count). The topological polar surface area (TPSA) is 55.5 Å². The van der Waals surface area contributed by atoms with Crippen molar-refractivity contribution in [3.8, 4) is 5.75 Å². The van der Waals surface area contributed by atoms with E-state index in [1.165, 1.54) is 0 Å².